The average Bonchev–Trinajstić information content (AvgIpc) is 2.15. The summed E-state index contributed by atoms with van der Waals surface area (Å²) in [5.74, 6) is -0.549. The van der Waals surface area contributed by atoms with Crippen molar-refractivity contribution >= 4 is 18.7 Å². The Morgan fingerprint density at radius 1 is 0.933 bits per heavy atom. The highest BCUT2D eigenvalue weighted by Gasteiger charge is 2.17. The summed E-state index contributed by atoms with van der Waals surface area (Å²) in [5, 5.41) is 0. The lowest BCUT2D eigenvalue weighted by Gasteiger charge is -2.14. The maximum Gasteiger partial charge on any atom is 0.333 e. The van der Waals surface area contributed by atoms with Gasteiger partial charge < -0.3 is 9.05 Å². The van der Waals surface area contributed by atoms with E-state index in [0.717, 1.165) is 0 Å². The molecule has 0 bridgehead atoms. The van der Waals surface area contributed by atoms with E-state index in [-0.39, 0.29) is 6.61 Å². The number of hydrogen-bond donors (Lipinski definition) is 0. The molecule has 0 N–H and O–H groups in total. The van der Waals surface area contributed by atoms with Gasteiger partial charge in [0, 0.05) is 0 Å². The Kier molecular flexibility index (Phi) is 8.50. The Morgan fingerprint density at radius 2 is 1.47 bits per heavy atom. The smallest absolute Gasteiger partial charge is 0.313 e. The van der Waals surface area contributed by atoms with Gasteiger partial charge in [0.2, 0.25) is 0 Å². The summed E-state index contributed by atoms with van der Waals surface area (Å²) in [5.41, 5.74) is 0. The minimum absolute atomic E-state index is 0.0902. The van der Waals surface area contributed by atoms with Crippen molar-refractivity contribution in [3.63, 3.8) is 0 Å². The molecule has 0 saturated carbocycles. The fourth-order valence-corrected chi connectivity index (χ4v) is 2.58. The molecule has 6 nitrogen and oxygen atoms in total. The summed E-state index contributed by atoms with van der Waals surface area (Å²) in [6, 6.07) is 0. The average molecular weight is 260 g/mol. The van der Waals surface area contributed by atoms with E-state index in [0.29, 0.717) is 13.2 Å². The fourth-order valence-electron chi connectivity index (χ4n) is 0.644. The molecule has 92 valence electrons. The maximum atomic E-state index is 11.1. The second kappa shape index (κ2) is 8.38. The van der Waals surface area contributed by atoms with E-state index in [1.54, 1.807) is 20.8 Å². The molecule has 0 spiro atoms. The zero-order chi connectivity index (χ0) is 11.7. The molecule has 0 rings (SSSR count). The summed E-state index contributed by atoms with van der Waals surface area (Å²) in [7, 11) is -5.22. The van der Waals surface area contributed by atoms with Crippen LogP contribution in [0.4, 0.5) is 0 Å². The van der Waals surface area contributed by atoms with Crippen LogP contribution in [0.25, 0.3) is 0 Å². The minimum Gasteiger partial charge on any atom is -0.313 e. The Hall–Kier alpha value is 0.220. The third-order valence-corrected chi connectivity index (χ3v) is 3.52. The van der Waals surface area contributed by atoms with Crippen molar-refractivity contribution in [3.05, 3.63) is 0 Å². The molecule has 0 aliphatic heterocycles. The topological polar surface area (TPSA) is 71.1 Å². The van der Waals surface area contributed by atoms with Gasteiger partial charge in [-0.05, 0) is 20.8 Å². The molecule has 0 aliphatic carbocycles. The number of rotatable bonds is 9. The first kappa shape index (κ1) is 15.2. The summed E-state index contributed by atoms with van der Waals surface area (Å²) in [6.45, 7) is 6.03. The predicted molar refractivity (Wildman–Crippen MR) is 56.7 cm³/mol. The zero-order valence-electron chi connectivity index (χ0n) is 9.13. The van der Waals surface area contributed by atoms with Gasteiger partial charge in [0.25, 0.3) is 10.1 Å². The molecule has 0 saturated heterocycles. The van der Waals surface area contributed by atoms with Crippen molar-refractivity contribution < 1.29 is 26.2 Å². The van der Waals surface area contributed by atoms with Crippen LogP contribution in [0.3, 0.4) is 0 Å². The van der Waals surface area contributed by atoms with Crippen molar-refractivity contribution in [3.8, 4) is 0 Å². The molecule has 0 atom stereocenters. The SMILES string of the molecule is CCOP(OCC)OCS(=O)(=O)OCC. The highest BCUT2D eigenvalue weighted by molar-refractivity contribution is 7.86. The van der Waals surface area contributed by atoms with Gasteiger partial charge in [0.05, 0.1) is 19.8 Å². The lowest BCUT2D eigenvalue weighted by molar-refractivity contribution is 0.182. The Balaban J connectivity index is 3.97. The second-order valence-electron chi connectivity index (χ2n) is 2.27. The first-order valence-electron chi connectivity index (χ1n) is 4.61. The van der Waals surface area contributed by atoms with Crippen LogP contribution in [0.1, 0.15) is 20.8 Å². The molecule has 0 aromatic heterocycles. The number of hydrogen-bond acceptors (Lipinski definition) is 6. The first-order chi connectivity index (χ1) is 7.05. The molecule has 0 aliphatic rings. The van der Waals surface area contributed by atoms with E-state index in [4.69, 9.17) is 13.6 Å². The van der Waals surface area contributed by atoms with Gasteiger partial charge in [-0.2, -0.15) is 8.42 Å². The lowest BCUT2D eigenvalue weighted by atomic mass is 10.9. The first-order valence-corrected chi connectivity index (χ1v) is 7.29. The molecule has 0 unspecified atom stereocenters. The van der Waals surface area contributed by atoms with Crippen molar-refractivity contribution in [2.24, 2.45) is 0 Å². The predicted octanol–water partition coefficient (Wildman–Crippen LogP) is 1.63. The molecular formula is C7H17O6PS. The molecule has 8 heteroatoms. The standard InChI is InChI=1S/C7H17O6PS/c1-4-10-14(11-5-2)12-7-15(8,9)13-6-3/h4-7H2,1-3H3. The monoisotopic (exact) mass is 260 g/mol. The zero-order valence-corrected chi connectivity index (χ0v) is 10.8. The quantitative estimate of drug-likeness (QED) is 0.463. The van der Waals surface area contributed by atoms with Crippen molar-refractivity contribution in [2.75, 3.05) is 25.8 Å². The van der Waals surface area contributed by atoms with Gasteiger partial charge in [-0.1, -0.05) is 0 Å². The van der Waals surface area contributed by atoms with Crippen molar-refractivity contribution in [1.82, 2.24) is 0 Å². The molecule has 0 heterocycles. The summed E-state index contributed by atoms with van der Waals surface area (Å²) in [6.07, 6.45) is 0. The molecule has 0 amide bonds. The molecule has 15 heavy (non-hydrogen) atoms. The summed E-state index contributed by atoms with van der Waals surface area (Å²) >= 11 is 0. The Bertz CT molecular complexity index is 236. The van der Waals surface area contributed by atoms with E-state index in [2.05, 4.69) is 4.18 Å². The Labute approximate surface area is 92.0 Å². The molecule has 0 radical (unpaired) electrons. The van der Waals surface area contributed by atoms with Gasteiger partial charge in [-0.3, -0.25) is 8.71 Å². The van der Waals surface area contributed by atoms with Gasteiger partial charge >= 0.3 is 8.60 Å². The van der Waals surface area contributed by atoms with Crippen LogP contribution in [-0.2, 0) is 27.9 Å². The molecule has 0 fully saturated rings. The van der Waals surface area contributed by atoms with Crippen LogP contribution >= 0.6 is 8.60 Å². The summed E-state index contributed by atoms with van der Waals surface area (Å²) < 4.78 is 41.7. The van der Waals surface area contributed by atoms with E-state index in [9.17, 15) is 8.42 Å². The Morgan fingerprint density at radius 3 is 1.87 bits per heavy atom. The van der Waals surface area contributed by atoms with Crippen LogP contribution in [0.5, 0.6) is 0 Å². The highest BCUT2D eigenvalue weighted by Crippen LogP contribution is 2.39. The van der Waals surface area contributed by atoms with Crippen LogP contribution in [-0.4, -0.2) is 34.2 Å². The van der Waals surface area contributed by atoms with E-state index >= 15 is 0 Å². The van der Waals surface area contributed by atoms with E-state index in [1.165, 1.54) is 0 Å². The van der Waals surface area contributed by atoms with Crippen molar-refractivity contribution in [1.29, 1.82) is 0 Å². The highest BCUT2D eigenvalue weighted by atomic mass is 32.2. The fraction of sp³-hybridized carbons (Fsp3) is 1.00. The third kappa shape index (κ3) is 8.07. The molecule has 0 aromatic carbocycles. The van der Waals surface area contributed by atoms with Crippen LogP contribution < -0.4 is 0 Å². The van der Waals surface area contributed by atoms with Gasteiger partial charge in [-0.15, -0.1) is 0 Å². The maximum absolute atomic E-state index is 11.1. The van der Waals surface area contributed by atoms with Gasteiger partial charge in [0.1, 0.15) is 0 Å². The van der Waals surface area contributed by atoms with Gasteiger partial charge in [0.15, 0.2) is 5.94 Å². The summed E-state index contributed by atoms with van der Waals surface area (Å²) in [4.78, 5) is 0. The van der Waals surface area contributed by atoms with Crippen molar-refractivity contribution in [2.45, 2.75) is 20.8 Å². The largest absolute Gasteiger partial charge is 0.333 e. The van der Waals surface area contributed by atoms with Crippen LogP contribution in [0, 0.1) is 0 Å². The third-order valence-electron chi connectivity index (χ3n) is 1.07. The molecular weight excluding hydrogens is 243 g/mol. The van der Waals surface area contributed by atoms with Crippen LogP contribution in [0.15, 0.2) is 0 Å². The minimum atomic E-state index is -3.63. The van der Waals surface area contributed by atoms with Crippen LogP contribution in [0.2, 0.25) is 0 Å². The normalized spacial score (nSPS) is 12.3. The van der Waals surface area contributed by atoms with E-state index < -0.39 is 24.7 Å². The second-order valence-corrected chi connectivity index (χ2v) is 5.08. The van der Waals surface area contributed by atoms with Gasteiger partial charge in [-0.25, -0.2) is 0 Å². The van der Waals surface area contributed by atoms with E-state index in [1.807, 2.05) is 0 Å². The molecule has 0 aromatic rings. The lowest BCUT2D eigenvalue weighted by Crippen LogP contribution is -2.12.